The van der Waals surface area contributed by atoms with Gasteiger partial charge in [0, 0.05) is 13.0 Å². The third-order valence-electron chi connectivity index (χ3n) is 2.14. The Bertz CT molecular complexity index is 161. The van der Waals surface area contributed by atoms with Crippen molar-refractivity contribution in [3.05, 3.63) is 12.7 Å². The molecule has 0 radical (unpaired) electrons. The van der Waals surface area contributed by atoms with Gasteiger partial charge in [-0.3, -0.25) is 4.79 Å². The van der Waals surface area contributed by atoms with Crippen LogP contribution in [0.4, 0.5) is 0 Å². The highest BCUT2D eigenvalue weighted by atomic mass is 16.1. The number of ketones is 1. The SMILES string of the molecule is C=CCNCC(=O)CCC1CC1. The van der Waals surface area contributed by atoms with Gasteiger partial charge in [0.05, 0.1) is 6.54 Å². The van der Waals surface area contributed by atoms with E-state index in [1.165, 1.54) is 12.8 Å². The summed E-state index contributed by atoms with van der Waals surface area (Å²) >= 11 is 0. The van der Waals surface area contributed by atoms with Gasteiger partial charge >= 0.3 is 0 Å². The van der Waals surface area contributed by atoms with Gasteiger partial charge in [0.25, 0.3) is 0 Å². The lowest BCUT2D eigenvalue weighted by Gasteiger charge is -1.99. The standard InChI is InChI=1S/C10H17NO/c1-2-7-11-8-10(12)6-5-9-3-4-9/h2,9,11H,1,3-8H2. The highest BCUT2D eigenvalue weighted by Crippen LogP contribution is 2.33. The Hall–Kier alpha value is -0.630. The molecule has 68 valence electrons. The predicted molar refractivity (Wildman–Crippen MR) is 50.0 cm³/mol. The zero-order chi connectivity index (χ0) is 8.81. The predicted octanol–water partition coefficient (Wildman–Crippen LogP) is 1.52. The summed E-state index contributed by atoms with van der Waals surface area (Å²) < 4.78 is 0. The van der Waals surface area contributed by atoms with Crippen LogP contribution in [0, 0.1) is 5.92 Å². The first kappa shape index (κ1) is 9.46. The fraction of sp³-hybridized carbons (Fsp3) is 0.700. The van der Waals surface area contributed by atoms with Crippen molar-refractivity contribution >= 4 is 5.78 Å². The molecule has 2 heteroatoms. The van der Waals surface area contributed by atoms with Crippen LogP contribution >= 0.6 is 0 Å². The van der Waals surface area contributed by atoms with Crippen LogP contribution in [0.15, 0.2) is 12.7 Å². The maximum absolute atomic E-state index is 11.2. The number of carbonyl (C=O) groups is 1. The summed E-state index contributed by atoms with van der Waals surface area (Å²) in [5.74, 6) is 1.21. The lowest BCUT2D eigenvalue weighted by Crippen LogP contribution is -2.22. The summed E-state index contributed by atoms with van der Waals surface area (Å²) in [6, 6.07) is 0. The molecule has 0 saturated heterocycles. The van der Waals surface area contributed by atoms with Gasteiger partial charge in [-0.05, 0) is 12.3 Å². The van der Waals surface area contributed by atoms with E-state index < -0.39 is 0 Å². The van der Waals surface area contributed by atoms with Gasteiger partial charge in [0.15, 0.2) is 0 Å². The number of Topliss-reactive ketones (excluding diaryl/α,β-unsaturated/α-hetero) is 1. The monoisotopic (exact) mass is 167 g/mol. The molecule has 1 fully saturated rings. The van der Waals surface area contributed by atoms with E-state index in [9.17, 15) is 4.79 Å². The van der Waals surface area contributed by atoms with Crippen molar-refractivity contribution in [3.8, 4) is 0 Å². The molecular formula is C10H17NO. The molecule has 0 amide bonds. The Morgan fingerprint density at radius 2 is 2.33 bits per heavy atom. The minimum atomic E-state index is 0.337. The lowest BCUT2D eigenvalue weighted by atomic mass is 10.1. The third-order valence-corrected chi connectivity index (χ3v) is 2.14. The van der Waals surface area contributed by atoms with Crippen LogP contribution in [0.5, 0.6) is 0 Å². The van der Waals surface area contributed by atoms with E-state index in [1.54, 1.807) is 6.08 Å². The van der Waals surface area contributed by atoms with Crippen LogP contribution in [0.2, 0.25) is 0 Å². The van der Waals surface area contributed by atoms with Crippen molar-refractivity contribution in [2.24, 2.45) is 5.92 Å². The molecule has 1 rings (SSSR count). The Balaban J connectivity index is 1.91. The van der Waals surface area contributed by atoms with E-state index in [4.69, 9.17) is 0 Å². The number of rotatable bonds is 7. The second-order valence-electron chi connectivity index (χ2n) is 3.44. The average Bonchev–Trinajstić information content (AvgIpc) is 2.84. The maximum Gasteiger partial charge on any atom is 0.146 e. The van der Waals surface area contributed by atoms with Gasteiger partial charge in [-0.2, -0.15) is 0 Å². The van der Waals surface area contributed by atoms with E-state index in [0.29, 0.717) is 12.3 Å². The largest absolute Gasteiger partial charge is 0.307 e. The minimum Gasteiger partial charge on any atom is -0.307 e. The molecule has 1 saturated carbocycles. The molecule has 1 N–H and O–H groups in total. The summed E-state index contributed by atoms with van der Waals surface area (Å²) in [7, 11) is 0. The van der Waals surface area contributed by atoms with Crippen molar-refractivity contribution < 1.29 is 4.79 Å². The van der Waals surface area contributed by atoms with Crippen LogP contribution in [0.3, 0.4) is 0 Å². The smallest absolute Gasteiger partial charge is 0.146 e. The molecule has 12 heavy (non-hydrogen) atoms. The summed E-state index contributed by atoms with van der Waals surface area (Å²) in [6.07, 6.45) is 6.32. The summed E-state index contributed by atoms with van der Waals surface area (Å²) in [6.45, 7) is 4.81. The first-order valence-corrected chi connectivity index (χ1v) is 4.66. The summed E-state index contributed by atoms with van der Waals surface area (Å²) in [5.41, 5.74) is 0. The molecule has 2 nitrogen and oxygen atoms in total. The Kier molecular flexibility index (Phi) is 4.01. The molecular weight excluding hydrogens is 150 g/mol. The third kappa shape index (κ3) is 4.29. The van der Waals surface area contributed by atoms with E-state index in [0.717, 1.165) is 25.3 Å². The lowest BCUT2D eigenvalue weighted by molar-refractivity contribution is -0.118. The highest BCUT2D eigenvalue weighted by Gasteiger charge is 2.21. The summed E-state index contributed by atoms with van der Waals surface area (Å²) in [5, 5.41) is 3.01. The molecule has 0 aromatic rings. The molecule has 0 aromatic heterocycles. The summed E-state index contributed by atoms with van der Waals surface area (Å²) in [4.78, 5) is 11.2. The first-order valence-electron chi connectivity index (χ1n) is 4.66. The molecule has 0 aliphatic heterocycles. The second-order valence-corrected chi connectivity index (χ2v) is 3.44. The Morgan fingerprint density at radius 1 is 1.58 bits per heavy atom. The molecule has 0 aromatic carbocycles. The fourth-order valence-corrected chi connectivity index (χ4v) is 1.17. The van der Waals surface area contributed by atoms with E-state index >= 15 is 0 Å². The zero-order valence-electron chi connectivity index (χ0n) is 7.51. The van der Waals surface area contributed by atoms with E-state index in [2.05, 4.69) is 11.9 Å². The molecule has 0 atom stereocenters. The van der Waals surface area contributed by atoms with Crippen molar-refractivity contribution in [2.45, 2.75) is 25.7 Å². The van der Waals surface area contributed by atoms with E-state index in [1.807, 2.05) is 0 Å². The van der Waals surface area contributed by atoms with Gasteiger partial charge in [-0.15, -0.1) is 6.58 Å². The van der Waals surface area contributed by atoms with Crippen LogP contribution in [0.1, 0.15) is 25.7 Å². The number of carbonyl (C=O) groups excluding carboxylic acids is 1. The first-order chi connectivity index (χ1) is 5.83. The Labute approximate surface area is 74.0 Å². The van der Waals surface area contributed by atoms with Crippen LogP contribution in [-0.2, 0) is 4.79 Å². The molecule has 1 aliphatic carbocycles. The number of nitrogens with one attached hydrogen (secondary N) is 1. The maximum atomic E-state index is 11.2. The fourth-order valence-electron chi connectivity index (χ4n) is 1.17. The molecule has 0 bridgehead atoms. The van der Waals surface area contributed by atoms with Crippen molar-refractivity contribution in [3.63, 3.8) is 0 Å². The van der Waals surface area contributed by atoms with E-state index in [-0.39, 0.29) is 0 Å². The van der Waals surface area contributed by atoms with Gasteiger partial charge in [-0.25, -0.2) is 0 Å². The van der Waals surface area contributed by atoms with Gasteiger partial charge in [0.2, 0.25) is 0 Å². The van der Waals surface area contributed by atoms with Crippen molar-refractivity contribution in [2.75, 3.05) is 13.1 Å². The number of hydrogen-bond donors (Lipinski definition) is 1. The van der Waals surface area contributed by atoms with Crippen molar-refractivity contribution in [1.29, 1.82) is 0 Å². The topological polar surface area (TPSA) is 29.1 Å². The average molecular weight is 167 g/mol. The minimum absolute atomic E-state index is 0.337. The molecule has 1 aliphatic rings. The highest BCUT2D eigenvalue weighted by molar-refractivity contribution is 5.80. The second kappa shape index (κ2) is 5.09. The zero-order valence-corrected chi connectivity index (χ0v) is 7.51. The van der Waals surface area contributed by atoms with Gasteiger partial charge < -0.3 is 5.32 Å². The molecule has 0 unspecified atom stereocenters. The molecule has 0 heterocycles. The van der Waals surface area contributed by atoms with Crippen LogP contribution in [-0.4, -0.2) is 18.9 Å². The number of hydrogen-bond acceptors (Lipinski definition) is 2. The van der Waals surface area contributed by atoms with Crippen molar-refractivity contribution in [1.82, 2.24) is 5.32 Å². The Morgan fingerprint density at radius 3 is 2.92 bits per heavy atom. The quantitative estimate of drug-likeness (QED) is 0.460. The molecule has 0 spiro atoms. The van der Waals surface area contributed by atoms with Crippen LogP contribution < -0.4 is 5.32 Å². The van der Waals surface area contributed by atoms with Gasteiger partial charge in [-0.1, -0.05) is 18.9 Å². The van der Waals surface area contributed by atoms with Gasteiger partial charge in [0.1, 0.15) is 5.78 Å². The van der Waals surface area contributed by atoms with Crippen LogP contribution in [0.25, 0.3) is 0 Å². The normalized spacial score (nSPS) is 16.0.